The predicted octanol–water partition coefficient (Wildman–Crippen LogP) is 0.0758. The summed E-state index contributed by atoms with van der Waals surface area (Å²) in [6.07, 6.45) is 2.07. The van der Waals surface area contributed by atoms with Crippen LogP contribution >= 0.6 is 0 Å². The van der Waals surface area contributed by atoms with Crippen LogP contribution in [0.3, 0.4) is 0 Å². The standard InChI is InChI=1S/C18H16N2O6Se/c1-25-16(21)18(17(22)26-2)8-11-7-15(19-10-12(11)9-18)27-14-5-3-13(4-6-14)20(23)24/h3-7,10H,8-9H2,1-2H3. The molecule has 0 saturated heterocycles. The molecule has 0 bridgehead atoms. The molecule has 2 aromatic rings. The second-order valence-electron chi connectivity index (χ2n) is 6.06. The fraction of sp³-hybridized carbons (Fsp3) is 0.278. The van der Waals surface area contributed by atoms with E-state index >= 15 is 0 Å². The molecule has 0 atom stereocenters. The maximum atomic E-state index is 12.3. The Morgan fingerprint density at radius 3 is 2.26 bits per heavy atom. The molecule has 1 heterocycles. The number of benzene rings is 1. The Hall–Kier alpha value is -2.77. The molecule has 8 nitrogen and oxygen atoms in total. The number of methoxy groups -OCH3 is 2. The van der Waals surface area contributed by atoms with E-state index in [0.717, 1.165) is 20.2 Å². The predicted molar refractivity (Wildman–Crippen MR) is 96.2 cm³/mol. The molecule has 140 valence electrons. The van der Waals surface area contributed by atoms with Gasteiger partial charge in [-0.15, -0.1) is 0 Å². The van der Waals surface area contributed by atoms with Crippen LogP contribution in [-0.4, -0.2) is 51.0 Å². The minimum absolute atomic E-state index is 0.0393. The number of carbonyl (C=O) groups excluding carboxylic acids is 2. The van der Waals surface area contributed by atoms with Gasteiger partial charge in [0.2, 0.25) is 0 Å². The quantitative estimate of drug-likeness (QED) is 0.215. The number of fused-ring (bicyclic) bond motifs is 1. The van der Waals surface area contributed by atoms with Gasteiger partial charge in [-0.05, 0) is 0 Å². The number of non-ortho nitro benzene ring substituents is 1. The zero-order valence-electron chi connectivity index (χ0n) is 14.6. The van der Waals surface area contributed by atoms with Crippen molar-refractivity contribution < 1.29 is 24.0 Å². The van der Waals surface area contributed by atoms with Crippen LogP contribution in [0.1, 0.15) is 11.1 Å². The molecule has 1 aromatic heterocycles. The summed E-state index contributed by atoms with van der Waals surface area (Å²) in [6, 6.07) is 8.22. The van der Waals surface area contributed by atoms with Gasteiger partial charge in [0.25, 0.3) is 0 Å². The molecule has 1 aliphatic rings. The maximum absolute atomic E-state index is 12.3. The van der Waals surface area contributed by atoms with Gasteiger partial charge in [0.05, 0.1) is 0 Å². The third-order valence-corrected chi connectivity index (χ3v) is 6.44. The van der Waals surface area contributed by atoms with Gasteiger partial charge in [0, 0.05) is 0 Å². The van der Waals surface area contributed by atoms with Gasteiger partial charge in [-0.25, -0.2) is 0 Å². The summed E-state index contributed by atoms with van der Waals surface area (Å²) in [5.41, 5.74) is 0.345. The van der Waals surface area contributed by atoms with Crippen molar-refractivity contribution in [2.45, 2.75) is 12.8 Å². The number of ether oxygens (including phenoxy) is 2. The van der Waals surface area contributed by atoms with Crippen molar-refractivity contribution in [1.29, 1.82) is 0 Å². The number of hydrogen-bond donors (Lipinski definition) is 0. The first-order valence-corrected chi connectivity index (χ1v) is 9.68. The van der Waals surface area contributed by atoms with Crippen LogP contribution in [0.5, 0.6) is 0 Å². The van der Waals surface area contributed by atoms with Gasteiger partial charge in [-0.1, -0.05) is 0 Å². The number of pyridine rings is 1. The number of aromatic nitrogens is 1. The molecule has 0 unspecified atom stereocenters. The molecular formula is C18H16N2O6Se. The topological polar surface area (TPSA) is 109 Å². The van der Waals surface area contributed by atoms with Crippen molar-refractivity contribution in [3.63, 3.8) is 0 Å². The van der Waals surface area contributed by atoms with E-state index in [1.54, 1.807) is 18.3 Å². The monoisotopic (exact) mass is 436 g/mol. The molecule has 27 heavy (non-hydrogen) atoms. The molecule has 0 aliphatic heterocycles. The first-order chi connectivity index (χ1) is 12.9. The molecule has 3 rings (SSSR count). The summed E-state index contributed by atoms with van der Waals surface area (Å²) < 4.78 is 11.4. The fourth-order valence-corrected chi connectivity index (χ4v) is 4.84. The number of nitro benzene ring substituents is 1. The Labute approximate surface area is 161 Å². The van der Waals surface area contributed by atoms with Crippen LogP contribution in [0.4, 0.5) is 5.69 Å². The molecule has 0 amide bonds. The average molecular weight is 435 g/mol. The number of hydrogen-bond acceptors (Lipinski definition) is 7. The third-order valence-electron chi connectivity index (χ3n) is 4.46. The number of nitrogens with zero attached hydrogens (tertiary/aromatic N) is 2. The normalized spacial score (nSPS) is 14.3. The van der Waals surface area contributed by atoms with E-state index in [-0.39, 0.29) is 33.5 Å². The minimum atomic E-state index is -1.37. The molecule has 1 aliphatic carbocycles. The third kappa shape index (κ3) is 3.56. The summed E-state index contributed by atoms with van der Waals surface area (Å²) in [7, 11) is 2.49. The number of rotatable bonds is 5. The van der Waals surface area contributed by atoms with Gasteiger partial charge >= 0.3 is 161 Å². The fourth-order valence-electron chi connectivity index (χ4n) is 3.12. The first kappa shape index (κ1) is 19.0. The molecular weight excluding hydrogens is 419 g/mol. The summed E-state index contributed by atoms with van der Waals surface area (Å²) in [4.78, 5) is 39.3. The zero-order chi connectivity index (χ0) is 19.6. The van der Waals surface area contributed by atoms with Gasteiger partial charge < -0.3 is 0 Å². The first-order valence-electron chi connectivity index (χ1n) is 7.96. The van der Waals surface area contributed by atoms with Gasteiger partial charge in [-0.3, -0.25) is 0 Å². The molecule has 0 saturated carbocycles. The summed E-state index contributed by atoms with van der Waals surface area (Å²) >= 11 is -0.161. The Morgan fingerprint density at radius 1 is 1.11 bits per heavy atom. The number of esters is 2. The van der Waals surface area contributed by atoms with Crippen LogP contribution in [0, 0.1) is 15.5 Å². The van der Waals surface area contributed by atoms with Crippen LogP contribution in [-0.2, 0) is 31.9 Å². The van der Waals surface area contributed by atoms with Crippen molar-refractivity contribution in [2.75, 3.05) is 14.2 Å². The van der Waals surface area contributed by atoms with Crippen LogP contribution < -0.4 is 9.05 Å². The molecule has 0 fully saturated rings. The van der Waals surface area contributed by atoms with Gasteiger partial charge in [0.1, 0.15) is 0 Å². The average Bonchev–Trinajstić information content (AvgIpc) is 3.07. The van der Waals surface area contributed by atoms with Crippen LogP contribution in [0.15, 0.2) is 36.5 Å². The van der Waals surface area contributed by atoms with Crippen molar-refractivity contribution in [3.8, 4) is 0 Å². The Kier molecular flexibility index (Phi) is 5.25. The van der Waals surface area contributed by atoms with E-state index in [0.29, 0.717) is 0 Å². The van der Waals surface area contributed by atoms with Crippen molar-refractivity contribution in [2.24, 2.45) is 5.41 Å². The van der Waals surface area contributed by atoms with Crippen LogP contribution in [0.25, 0.3) is 0 Å². The van der Waals surface area contributed by atoms with Crippen molar-refractivity contribution >= 4 is 41.6 Å². The van der Waals surface area contributed by atoms with Gasteiger partial charge in [-0.2, -0.15) is 0 Å². The molecule has 0 radical (unpaired) electrons. The Bertz CT molecular complexity index is 897. The second kappa shape index (κ2) is 7.46. The van der Waals surface area contributed by atoms with E-state index in [4.69, 9.17) is 9.47 Å². The number of nitro groups is 1. The molecule has 0 N–H and O–H groups in total. The van der Waals surface area contributed by atoms with Crippen LogP contribution in [0.2, 0.25) is 0 Å². The summed E-state index contributed by atoms with van der Waals surface area (Å²) in [6.45, 7) is 0. The van der Waals surface area contributed by atoms with E-state index in [9.17, 15) is 19.7 Å². The zero-order valence-corrected chi connectivity index (χ0v) is 16.3. The number of carbonyl (C=O) groups is 2. The van der Waals surface area contributed by atoms with E-state index in [2.05, 4.69) is 4.98 Å². The summed E-state index contributed by atoms with van der Waals surface area (Å²) in [5.74, 6) is -1.24. The van der Waals surface area contributed by atoms with E-state index < -0.39 is 22.3 Å². The molecule has 9 heteroatoms. The van der Waals surface area contributed by atoms with Crippen molar-refractivity contribution in [1.82, 2.24) is 4.98 Å². The Morgan fingerprint density at radius 2 is 1.70 bits per heavy atom. The summed E-state index contributed by atoms with van der Waals surface area (Å²) in [5, 5.41) is 10.7. The SMILES string of the molecule is COC(=O)C1(C(=O)OC)Cc2cnc([Se]c3ccc([N+](=O)[O-])cc3)cc2C1. The second-order valence-corrected chi connectivity index (χ2v) is 8.36. The van der Waals surface area contributed by atoms with E-state index in [1.807, 2.05) is 6.07 Å². The van der Waals surface area contributed by atoms with Gasteiger partial charge in [0.15, 0.2) is 0 Å². The van der Waals surface area contributed by atoms with E-state index in [1.165, 1.54) is 26.4 Å². The Balaban J connectivity index is 1.84. The molecule has 1 aromatic carbocycles. The van der Waals surface area contributed by atoms with Crippen molar-refractivity contribution in [3.05, 3.63) is 57.8 Å². The molecule has 0 spiro atoms.